The van der Waals surface area contributed by atoms with Gasteiger partial charge in [0.15, 0.2) is 0 Å². The summed E-state index contributed by atoms with van der Waals surface area (Å²) in [6.45, 7) is 2.83. The molecule has 23 heavy (non-hydrogen) atoms. The molecule has 5 heteroatoms. The van der Waals surface area contributed by atoms with E-state index in [-0.39, 0.29) is 11.9 Å². The van der Waals surface area contributed by atoms with Crippen LogP contribution in [0.5, 0.6) is 0 Å². The second kappa shape index (κ2) is 7.35. The number of hydrogen-bond acceptors (Lipinski definition) is 4. The molecule has 1 fully saturated rings. The Kier molecular flexibility index (Phi) is 5.00. The van der Waals surface area contributed by atoms with Crippen LogP contribution in [-0.4, -0.2) is 42.5 Å². The molecule has 0 bridgehead atoms. The molecular weight excluding hydrogens is 290 g/mol. The Morgan fingerprint density at radius 1 is 1.26 bits per heavy atom. The highest BCUT2D eigenvalue weighted by Crippen LogP contribution is 2.23. The maximum Gasteiger partial charge on any atom is 0.254 e. The standard InChI is InChI=1S/C18H21N3O2/c1-23-13-14-2-4-16(5-3-14)18(22)21-11-10-20-12-17(21)15-6-8-19-9-7-15/h2-9,17,20H,10-13H2,1H3/t17-/m1/s1. The third kappa shape index (κ3) is 3.57. The van der Waals surface area contributed by atoms with Crippen molar-refractivity contribution in [3.8, 4) is 0 Å². The lowest BCUT2D eigenvalue weighted by molar-refractivity contribution is 0.0634. The number of nitrogens with one attached hydrogen (secondary N) is 1. The molecule has 2 heterocycles. The van der Waals surface area contributed by atoms with E-state index in [0.29, 0.717) is 18.7 Å². The summed E-state index contributed by atoms with van der Waals surface area (Å²) in [5.41, 5.74) is 2.89. The summed E-state index contributed by atoms with van der Waals surface area (Å²) in [6, 6.07) is 11.6. The van der Waals surface area contributed by atoms with Gasteiger partial charge in [0.2, 0.25) is 0 Å². The van der Waals surface area contributed by atoms with Crippen molar-refractivity contribution in [2.24, 2.45) is 0 Å². The monoisotopic (exact) mass is 311 g/mol. The largest absolute Gasteiger partial charge is 0.380 e. The van der Waals surface area contributed by atoms with Crippen LogP contribution in [0.4, 0.5) is 0 Å². The average Bonchev–Trinajstić information content (AvgIpc) is 2.63. The molecule has 120 valence electrons. The molecule has 1 aromatic heterocycles. The van der Waals surface area contributed by atoms with Crippen molar-refractivity contribution in [1.29, 1.82) is 0 Å². The molecule has 1 aliphatic rings. The number of carbonyl (C=O) groups is 1. The third-order valence-corrected chi connectivity index (χ3v) is 4.11. The number of carbonyl (C=O) groups excluding carboxylic acids is 1. The van der Waals surface area contributed by atoms with Crippen molar-refractivity contribution < 1.29 is 9.53 Å². The number of methoxy groups -OCH3 is 1. The van der Waals surface area contributed by atoms with Crippen LogP contribution in [0.1, 0.15) is 27.5 Å². The van der Waals surface area contributed by atoms with E-state index in [4.69, 9.17) is 4.74 Å². The highest BCUT2D eigenvalue weighted by Gasteiger charge is 2.28. The van der Waals surface area contributed by atoms with Gasteiger partial charge in [0.1, 0.15) is 0 Å². The molecule has 0 spiro atoms. The van der Waals surface area contributed by atoms with E-state index in [0.717, 1.165) is 24.2 Å². The molecule has 1 aliphatic heterocycles. The molecule has 1 atom stereocenters. The quantitative estimate of drug-likeness (QED) is 0.938. The minimum atomic E-state index is 0.0397. The average molecular weight is 311 g/mol. The van der Waals surface area contributed by atoms with Crippen molar-refractivity contribution in [1.82, 2.24) is 15.2 Å². The first-order chi connectivity index (χ1) is 11.3. The maximum atomic E-state index is 12.9. The molecule has 1 saturated heterocycles. The Morgan fingerprint density at radius 2 is 2.00 bits per heavy atom. The van der Waals surface area contributed by atoms with Gasteiger partial charge < -0.3 is 15.0 Å². The third-order valence-electron chi connectivity index (χ3n) is 4.11. The molecule has 1 amide bonds. The van der Waals surface area contributed by atoms with Crippen molar-refractivity contribution in [3.05, 3.63) is 65.5 Å². The molecule has 0 aliphatic carbocycles. The lowest BCUT2D eigenvalue weighted by atomic mass is 10.0. The van der Waals surface area contributed by atoms with E-state index in [9.17, 15) is 4.79 Å². The van der Waals surface area contributed by atoms with Gasteiger partial charge in [-0.1, -0.05) is 12.1 Å². The summed E-state index contributed by atoms with van der Waals surface area (Å²) in [7, 11) is 1.67. The summed E-state index contributed by atoms with van der Waals surface area (Å²) < 4.78 is 5.11. The Bertz CT molecular complexity index is 643. The molecule has 0 saturated carbocycles. The van der Waals surface area contributed by atoms with Gasteiger partial charge >= 0.3 is 0 Å². The number of rotatable bonds is 4. The molecule has 1 N–H and O–H groups in total. The Labute approximate surface area is 136 Å². The van der Waals surface area contributed by atoms with E-state index in [1.54, 1.807) is 19.5 Å². The molecule has 1 aromatic carbocycles. The lowest BCUT2D eigenvalue weighted by Crippen LogP contribution is -2.48. The lowest BCUT2D eigenvalue weighted by Gasteiger charge is -2.36. The number of hydrogen-bond donors (Lipinski definition) is 1. The fraction of sp³-hybridized carbons (Fsp3) is 0.333. The topological polar surface area (TPSA) is 54.5 Å². The van der Waals surface area contributed by atoms with Crippen LogP contribution in [0.15, 0.2) is 48.8 Å². The van der Waals surface area contributed by atoms with Gasteiger partial charge in [-0.15, -0.1) is 0 Å². The fourth-order valence-corrected chi connectivity index (χ4v) is 2.91. The van der Waals surface area contributed by atoms with Crippen molar-refractivity contribution >= 4 is 5.91 Å². The van der Waals surface area contributed by atoms with Gasteiger partial charge in [-0.25, -0.2) is 0 Å². The van der Waals surface area contributed by atoms with E-state index in [1.807, 2.05) is 41.3 Å². The van der Waals surface area contributed by atoms with Crippen LogP contribution >= 0.6 is 0 Å². The SMILES string of the molecule is COCc1ccc(C(=O)N2CCNC[C@@H]2c2ccncc2)cc1. The summed E-state index contributed by atoms with van der Waals surface area (Å²) >= 11 is 0. The normalized spacial score (nSPS) is 18.0. The molecule has 3 rings (SSSR count). The highest BCUT2D eigenvalue weighted by atomic mass is 16.5. The molecular formula is C18H21N3O2. The molecule has 2 aromatic rings. The van der Waals surface area contributed by atoms with Crippen molar-refractivity contribution in [3.63, 3.8) is 0 Å². The van der Waals surface area contributed by atoms with E-state index < -0.39 is 0 Å². The van der Waals surface area contributed by atoms with Crippen molar-refractivity contribution in [2.45, 2.75) is 12.6 Å². The smallest absolute Gasteiger partial charge is 0.254 e. The van der Waals surface area contributed by atoms with Gasteiger partial charge in [-0.3, -0.25) is 9.78 Å². The number of nitrogens with zero attached hydrogens (tertiary/aromatic N) is 2. The number of aromatic nitrogens is 1. The second-order valence-corrected chi connectivity index (χ2v) is 5.63. The van der Waals surface area contributed by atoms with Crippen molar-refractivity contribution in [2.75, 3.05) is 26.7 Å². The number of benzene rings is 1. The fourth-order valence-electron chi connectivity index (χ4n) is 2.91. The minimum absolute atomic E-state index is 0.0397. The molecule has 0 radical (unpaired) electrons. The van der Waals surface area contributed by atoms with Crippen LogP contribution in [0.2, 0.25) is 0 Å². The van der Waals surface area contributed by atoms with Crippen LogP contribution < -0.4 is 5.32 Å². The van der Waals surface area contributed by atoms with Gasteiger partial charge in [-0.05, 0) is 35.4 Å². The first-order valence-corrected chi connectivity index (χ1v) is 7.79. The number of ether oxygens (including phenoxy) is 1. The minimum Gasteiger partial charge on any atom is -0.380 e. The van der Waals surface area contributed by atoms with E-state index in [1.165, 1.54) is 0 Å². The number of pyridine rings is 1. The van der Waals surface area contributed by atoms with Gasteiger partial charge in [-0.2, -0.15) is 0 Å². The first-order valence-electron chi connectivity index (χ1n) is 7.79. The summed E-state index contributed by atoms with van der Waals surface area (Å²) in [5.74, 6) is 0.0669. The zero-order valence-electron chi connectivity index (χ0n) is 13.2. The molecule has 5 nitrogen and oxygen atoms in total. The zero-order chi connectivity index (χ0) is 16.1. The van der Waals surface area contributed by atoms with Crippen LogP contribution in [0, 0.1) is 0 Å². The highest BCUT2D eigenvalue weighted by molar-refractivity contribution is 5.94. The Morgan fingerprint density at radius 3 is 2.70 bits per heavy atom. The first kappa shape index (κ1) is 15.6. The predicted molar refractivity (Wildman–Crippen MR) is 88.0 cm³/mol. The maximum absolute atomic E-state index is 12.9. The predicted octanol–water partition coefficient (Wildman–Crippen LogP) is 2.01. The van der Waals surface area contributed by atoms with Crippen LogP contribution in [0.25, 0.3) is 0 Å². The Balaban J connectivity index is 1.81. The second-order valence-electron chi connectivity index (χ2n) is 5.63. The summed E-state index contributed by atoms with van der Waals surface area (Å²) in [4.78, 5) is 18.9. The summed E-state index contributed by atoms with van der Waals surface area (Å²) in [6.07, 6.45) is 3.54. The van der Waals surface area contributed by atoms with E-state index >= 15 is 0 Å². The van der Waals surface area contributed by atoms with Crippen LogP contribution in [0.3, 0.4) is 0 Å². The van der Waals surface area contributed by atoms with Gasteiger partial charge in [0.25, 0.3) is 5.91 Å². The summed E-state index contributed by atoms with van der Waals surface area (Å²) in [5, 5.41) is 3.36. The molecule has 0 unspecified atom stereocenters. The number of piperazine rings is 1. The van der Waals surface area contributed by atoms with Crippen LogP contribution in [-0.2, 0) is 11.3 Å². The van der Waals surface area contributed by atoms with Gasteiger partial charge in [0, 0.05) is 44.7 Å². The van der Waals surface area contributed by atoms with Gasteiger partial charge in [0.05, 0.1) is 12.6 Å². The Hall–Kier alpha value is -2.24. The zero-order valence-corrected chi connectivity index (χ0v) is 13.2. The number of amides is 1. The van der Waals surface area contributed by atoms with E-state index in [2.05, 4.69) is 10.3 Å².